The summed E-state index contributed by atoms with van der Waals surface area (Å²) >= 11 is 0. The highest BCUT2D eigenvalue weighted by Gasteiger charge is 2.33. The molecule has 2 aromatic carbocycles. The Balaban J connectivity index is 1.22. The third kappa shape index (κ3) is 3.95. The van der Waals surface area contributed by atoms with Gasteiger partial charge in [-0.1, -0.05) is 12.1 Å². The lowest BCUT2D eigenvalue weighted by molar-refractivity contribution is -0.384. The highest BCUT2D eigenvalue weighted by atomic mass is 16.6. The molecule has 1 aromatic heterocycles. The summed E-state index contributed by atoms with van der Waals surface area (Å²) < 4.78 is 14.3. The Kier molecular flexibility index (Phi) is 4.81. The molecule has 0 N–H and O–H groups in total. The van der Waals surface area contributed by atoms with Crippen LogP contribution in [0.5, 0.6) is 11.5 Å². The zero-order chi connectivity index (χ0) is 21.6. The van der Waals surface area contributed by atoms with E-state index < -0.39 is 0 Å². The van der Waals surface area contributed by atoms with Crippen molar-refractivity contribution in [2.75, 3.05) is 13.1 Å². The second-order valence-corrected chi connectivity index (χ2v) is 9.00. The molecule has 1 saturated heterocycles. The molecule has 1 fully saturated rings. The number of likely N-dealkylation sites (tertiary alicyclic amines) is 1. The fraction of sp³-hybridized carbons (Fsp3) is 0.435. The molecule has 3 aromatic rings. The van der Waals surface area contributed by atoms with Crippen molar-refractivity contribution in [3.05, 3.63) is 58.3 Å². The fourth-order valence-corrected chi connectivity index (χ4v) is 4.50. The molecule has 0 bridgehead atoms. The van der Waals surface area contributed by atoms with Gasteiger partial charge in [-0.2, -0.15) is 5.10 Å². The first-order valence-corrected chi connectivity index (χ1v) is 10.7. The Hall–Kier alpha value is -3.13. The van der Waals surface area contributed by atoms with Gasteiger partial charge in [0.15, 0.2) is 11.5 Å². The van der Waals surface area contributed by atoms with Gasteiger partial charge in [0, 0.05) is 42.6 Å². The molecule has 5 rings (SSSR count). The molecule has 0 aliphatic carbocycles. The van der Waals surface area contributed by atoms with Crippen LogP contribution in [-0.4, -0.2) is 44.4 Å². The van der Waals surface area contributed by atoms with Gasteiger partial charge in [-0.05, 0) is 38.8 Å². The van der Waals surface area contributed by atoms with Gasteiger partial charge < -0.3 is 9.47 Å². The average Bonchev–Trinajstić information content (AvgIpc) is 3.28. The third-order valence-corrected chi connectivity index (χ3v) is 6.06. The van der Waals surface area contributed by atoms with Crippen LogP contribution in [0.3, 0.4) is 0 Å². The minimum absolute atomic E-state index is 0.0853. The molecule has 0 unspecified atom stereocenters. The maximum absolute atomic E-state index is 11.1. The lowest BCUT2D eigenvalue weighted by atomic mass is 10.0. The van der Waals surface area contributed by atoms with Gasteiger partial charge in [0.2, 0.25) is 0 Å². The van der Waals surface area contributed by atoms with Crippen molar-refractivity contribution in [3.63, 3.8) is 0 Å². The Labute approximate surface area is 180 Å². The topological polar surface area (TPSA) is 82.7 Å². The van der Waals surface area contributed by atoms with Gasteiger partial charge in [0.1, 0.15) is 11.7 Å². The summed E-state index contributed by atoms with van der Waals surface area (Å²) in [7, 11) is 0. The Morgan fingerprint density at radius 1 is 1.26 bits per heavy atom. The molecule has 3 heterocycles. The quantitative estimate of drug-likeness (QED) is 0.454. The third-order valence-electron chi connectivity index (χ3n) is 6.06. The number of hydrogen-bond donors (Lipinski definition) is 0. The molecule has 0 atom stereocenters. The minimum atomic E-state index is -0.370. The number of nitro groups is 1. The Bertz CT molecular complexity index is 1130. The number of fused-ring (bicyclic) bond motifs is 2. The zero-order valence-corrected chi connectivity index (χ0v) is 17.8. The van der Waals surface area contributed by atoms with Crippen molar-refractivity contribution in [2.45, 2.75) is 51.5 Å². The van der Waals surface area contributed by atoms with Gasteiger partial charge in [-0.3, -0.25) is 19.7 Å². The van der Waals surface area contributed by atoms with E-state index in [4.69, 9.17) is 9.47 Å². The number of hydrogen-bond acceptors (Lipinski definition) is 6. The van der Waals surface area contributed by atoms with Gasteiger partial charge in [-0.25, -0.2) is 0 Å². The van der Waals surface area contributed by atoms with E-state index in [2.05, 4.69) is 29.9 Å². The second-order valence-electron chi connectivity index (χ2n) is 9.00. The molecular formula is C23H26N4O4. The first-order valence-electron chi connectivity index (χ1n) is 10.7. The van der Waals surface area contributed by atoms with Gasteiger partial charge in [-0.15, -0.1) is 0 Å². The van der Waals surface area contributed by atoms with Crippen molar-refractivity contribution in [2.24, 2.45) is 0 Å². The molecule has 2 aliphatic heterocycles. The Morgan fingerprint density at radius 2 is 2.06 bits per heavy atom. The van der Waals surface area contributed by atoms with Gasteiger partial charge in [0.25, 0.3) is 5.69 Å². The molecule has 0 radical (unpaired) electrons. The van der Waals surface area contributed by atoms with E-state index in [1.165, 1.54) is 11.6 Å². The van der Waals surface area contributed by atoms with Crippen molar-refractivity contribution in [1.29, 1.82) is 0 Å². The van der Waals surface area contributed by atoms with Crippen LogP contribution in [0.2, 0.25) is 0 Å². The maximum Gasteiger partial charge on any atom is 0.271 e. The average molecular weight is 422 g/mol. The highest BCUT2D eigenvalue weighted by Crippen LogP contribution is 2.42. The number of para-hydroxylation sites is 1. The monoisotopic (exact) mass is 422 g/mol. The van der Waals surface area contributed by atoms with Crippen LogP contribution in [-0.2, 0) is 13.1 Å². The SMILES string of the molecule is CC1(C)Cc2cccc(OC3CCN(Cn4ncc5ccc([N+](=O)[O-])cc54)CC3)c2O1. The number of benzene rings is 2. The van der Waals surface area contributed by atoms with E-state index in [9.17, 15) is 10.1 Å². The molecule has 0 spiro atoms. The van der Waals surface area contributed by atoms with Crippen LogP contribution in [0.1, 0.15) is 32.3 Å². The molecule has 8 nitrogen and oxygen atoms in total. The summed E-state index contributed by atoms with van der Waals surface area (Å²) in [4.78, 5) is 13.0. The number of aromatic nitrogens is 2. The van der Waals surface area contributed by atoms with Crippen molar-refractivity contribution in [3.8, 4) is 11.5 Å². The Morgan fingerprint density at radius 3 is 2.84 bits per heavy atom. The largest absolute Gasteiger partial charge is 0.486 e. The van der Waals surface area contributed by atoms with E-state index >= 15 is 0 Å². The number of nitro benzene ring substituents is 1. The summed E-state index contributed by atoms with van der Waals surface area (Å²) in [6.45, 7) is 6.56. The summed E-state index contributed by atoms with van der Waals surface area (Å²) in [5.41, 5.74) is 1.89. The van der Waals surface area contributed by atoms with E-state index in [0.717, 1.165) is 54.8 Å². The maximum atomic E-state index is 11.1. The standard InChI is InChI=1S/C23H26N4O4/c1-23(2)13-16-4-3-5-21(22(16)31-23)30-19-8-10-25(11-9-19)15-26-20-12-18(27(28)29)7-6-17(20)14-24-26/h3-7,12,14,19H,8-11,13,15H2,1-2H3. The lowest BCUT2D eigenvalue weighted by Crippen LogP contribution is -2.39. The predicted octanol–water partition coefficient (Wildman–Crippen LogP) is 4.16. The predicted molar refractivity (Wildman–Crippen MR) is 116 cm³/mol. The summed E-state index contributed by atoms with van der Waals surface area (Å²) in [6, 6.07) is 11.0. The van der Waals surface area contributed by atoms with Crippen LogP contribution in [0.15, 0.2) is 42.6 Å². The van der Waals surface area contributed by atoms with E-state index in [0.29, 0.717) is 6.67 Å². The van der Waals surface area contributed by atoms with E-state index in [1.807, 2.05) is 16.8 Å². The lowest BCUT2D eigenvalue weighted by Gasteiger charge is -2.32. The summed E-state index contributed by atoms with van der Waals surface area (Å²) in [6.07, 6.45) is 4.62. The highest BCUT2D eigenvalue weighted by molar-refractivity contribution is 5.80. The molecular weight excluding hydrogens is 396 g/mol. The molecule has 31 heavy (non-hydrogen) atoms. The second kappa shape index (κ2) is 7.53. The van der Waals surface area contributed by atoms with Gasteiger partial charge in [0.05, 0.1) is 23.3 Å². The molecule has 8 heteroatoms. The first-order chi connectivity index (χ1) is 14.9. The van der Waals surface area contributed by atoms with Crippen LogP contribution in [0.25, 0.3) is 10.9 Å². The number of rotatable bonds is 5. The minimum Gasteiger partial charge on any atom is -0.486 e. The van der Waals surface area contributed by atoms with Crippen LogP contribution >= 0.6 is 0 Å². The zero-order valence-electron chi connectivity index (χ0n) is 17.8. The number of piperidine rings is 1. The van der Waals surface area contributed by atoms with Crippen molar-refractivity contribution in [1.82, 2.24) is 14.7 Å². The van der Waals surface area contributed by atoms with E-state index in [1.54, 1.807) is 18.3 Å². The normalized spacial score (nSPS) is 18.6. The number of ether oxygens (including phenoxy) is 2. The van der Waals surface area contributed by atoms with Crippen LogP contribution < -0.4 is 9.47 Å². The summed E-state index contributed by atoms with van der Waals surface area (Å²) in [5, 5.41) is 16.4. The molecule has 0 amide bonds. The van der Waals surface area contributed by atoms with E-state index in [-0.39, 0.29) is 22.3 Å². The summed E-state index contributed by atoms with van der Waals surface area (Å²) in [5.74, 6) is 1.73. The van der Waals surface area contributed by atoms with Crippen LogP contribution in [0.4, 0.5) is 5.69 Å². The van der Waals surface area contributed by atoms with Crippen molar-refractivity contribution >= 4 is 16.6 Å². The number of non-ortho nitro benzene ring substituents is 1. The first kappa shape index (κ1) is 19.8. The number of nitrogens with zero attached hydrogens (tertiary/aromatic N) is 4. The molecule has 0 saturated carbocycles. The molecule has 2 aliphatic rings. The fourth-order valence-electron chi connectivity index (χ4n) is 4.50. The van der Waals surface area contributed by atoms with Gasteiger partial charge >= 0.3 is 0 Å². The van der Waals surface area contributed by atoms with Crippen molar-refractivity contribution < 1.29 is 14.4 Å². The smallest absolute Gasteiger partial charge is 0.271 e. The molecule has 162 valence electrons. The van der Waals surface area contributed by atoms with Crippen LogP contribution in [0, 0.1) is 10.1 Å².